The van der Waals surface area contributed by atoms with Crippen molar-refractivity contribution in [1.82, 2.24) is 15.6 Å². The Morgan fingerprint density at radius 3 is 2.72 bits per heavy atom. The van der Waals surface area contributed by atoms with Crippen LogP contribution in [0.25, 0.3) is 0 Å². The summed E-state index contributed by atoms with van der Waals surface area (Å²) in [6.07, 6.45) is 1.68. The molecule has 0 aliphatic heterocycles. The highest BCUT2D eigenvalue weighted by Crippen LogP contribution is 2.12. The third kappa shape index (κ3) is 4.33. The van der Waals surface area contributed by atoms with Gasteiger partial charge in [0.2, 0.25) is 5.91 Å². The molecule has 2 N–H and O–H groups in total. The average Bonchev–Trinajstić information content (AvgIpc) is 2.35. The third-order valence-electron chi connectivity index (χ3n) is 2.30. The minimum atomic E-state index is -0.333. The van der Waals surface area contributed by atoms with E-state index < -0.39 is 0 Å². The monoisotopic (exact) mass is 269 g/mol. The highest BCUT2D eigenvalue weighted by atomic mass is 35.5. The smallest absolute Gasteiger partial charge is 0.251 e. The van der Waals surface area contributed by atoms with Crippen molar-refractivity contribution in [2.45, 2.75) is 19.8 Å². The van der Waals surface area contributed by atoms with E-state index in [4.69, 9.17) is 11.6 Å². The number of amides is 2. The Labute approximate surface area is 111 Å². The van der Waals surface area contributed by atoms with Crippen molar-refractivity contribution >= 4 is 23.4 Å². The fourth-order valence-electron chi connectivity index (χ4n) is 1.42. The van der Waals surface area contributed by atoms with E-state index in [1.54, 1.807) is 6.07 Å². The zero-order valence-electron chi connectivity index (χ0n) is 10.4. The number of carbonyl (C=O) groups is 2. The molecule has 0 radical (unpaired) electrons. The molecule has 0 fully saturated rings. The molecule has 0 saturated heterocycles. The molecule has 0 aliphatic rings. The molecule has 0 saturated carbocycles. The van der Waals surface area contributed by atoms with Gasteiger partial charge < -0.3 is 10.6 Å². The number of pyridine rings is 1. The number of rotatable bonds is 5. The van der Waals surface area contributed by atoms with Crippen molar-refractivity contribution in [2.24, 2.45) is 0 Å². The summed E-state index contributed by atoms with van der Waals surface area (Å²) in [7, 11) is 1.51. The molecule has 0 spiro atoms. The number of nitrogens with zero attached hydrogens (tertiary/aromatic N) is 1. The third-order valence-corrected chi connectivity index (χ3v) is 2.50. The van der Waals surface area contributed by atoms with Gasteiger partial charge in [-0.2, -0.15) is 0 Å². The van der Waals surface area contributed by atoms with E-state index in [2.05, 4.69) is 15.6 Å². The number of hydrogen-bond donors (Lipinski definition) is 2. The molecule has 0 unspecified atom stereocenters. The van der Waals surface area contributed by atoms with E-state index in [-0.39, 0.29) is 23.5 Å². The molecule has 2 amide bonds. The van der Waals surface area contributed by atoms with E-state index >= 15 is 0 Å². The fourth-order valence-corrected chi connectivity index (χ4v) is 1.64. The van der Waals surface area contributed by atoms with E-state index in [0.717, 1.165) is 18.5 Å². The first-order valence-corrected chi connectivity index (χ1v) is 6.09. The molecule has 98 valence electrons. The average molecular weight is 270 g/mol. The zero-order chi connectivity index (χ0) is 13.5. The standard InChI is InChI=1S/C12H16ClN3O2/c1-3-4-9-5-8(6-10(13)16-9)12(18)15-7-11(17)14-2/h5-6H,3-4,7H2,1-2H3,(H,14,17)(H,15,18). The second-order valence-corrected chi connectivity index (χ2v) is 4.16. The second-order valence-electron chi connectivity index (χ2n) is 3.78. The molecule has 0 aliphatic carbocycles. The van der Waals surface area contributed by atoms with Gasteiger partial charge in [0.25, 0.3) is 5.91 Å². The lowest BCUT2D eigenvalue weighted by atomic mass is 10.1. The van der Waals surface area contributed by atoms with Crippen LogP contribution in [-0.2, 0) is 11.2 Å². The number of hydrogen-bond acceptors (Lipinski definition) is 3. The predicted octanol–water partition coefficient (Wildman–Crippen LogP) is 1.16. The van der Waals surface area contributed by atoms with Crippen LogP contribution >= 0.6 is 11.6 Å². The van der Waals surface area contributed by atoms with Crippen LogP contribution in [0.5, 0.6) is 0 Å². The maximum atomic E-state index is 11.8. The van der Waals surface area contributed by atoms with E-state index in [1.165, 1.54) is 13.1 Å². The maximum absolute atomic E-state index is 11.8. The fraction of sp³-hybridized carbons (Fsp3) is 0.417. The van der Waals surface area contributed by atoms with Crippen molar-refractivity contribution in [1.29, 1.82) is 0 Å². The van der Waals surface area contributed by atoms with Crippen molar-refractivity contribution in [3.05, 3.63) is 28.5 Å². The Hall–Kier alpha value is -1.62. The number of nitrogens with one attached hydrogen (secondary N) is 2. The molecule has 0 atom stereocenters. The Balaban J connectivity index is 2.75. The van der Waals surface area contributed by atoms with Crippen LogP contribution in [0.4, 0.5) is 0 Å². The molecule has 1 aromatic rings. The minimum Gasteiger partial charge on any atom is -0.358 e. The van der Waals surface area contributed by atoms with Gasteiger partial charge in [-0.3, -0.25) is 9.59 Å². The summed E-state index contributed by atoms with van der Waals surface area (Å²) in [5, 5.41) is 5.21. The van der Waals surface area contributed by atoms with Crippen LogP contribution in [0, 0.1) is 0 Å². The molecule has 6 heteroatoms. The first kappa shape index (κ1) is 14.4. The molecule has 18 heavy (non-hydrogen) atoms. The lowest BCUT2D eigenvalue weighted by molar-refractivity contribution is -0.119. The Morgan fingerprint density at radius 2 is 2.11 bits per heavy atom. The van der Waals surface area contributed by atoms with Gasteiger partial charge in [-0.15, -0.1) is 0 Å². The summed E-state index contributed by atoms with van der Waals surface area (Å²) in [6.45, 7) is 1.96. The molecular formula is C12H16ClN3O2. The van der Waals surface area contributed by atoms with Gasteiger partial charge in [-0.1, -0.05) is 24.9 Å². The van der Waals surface area contributed by atoms with Gasteiger partial charge in [-0.25, -0.2) is 4.98 Å². The number of carbonyl (C=O) groups excluding carboxylic acids is 2. The number of halogens is 1. The lowest BCUT2D eigenvalue weighted by Crippen LogP contribution is -2.35. The maximum Gasteiger partial charge on any atom is 0.251 e. The number of likely N-dealkylation sites (N-methyl/N-ethyl adjacent to an activating group) is 1. The van der Waals surface area contributed by atoms with Crippen molar-refractivity contribution < 1.29 is 9.59 Å². The van der Waals surface area contributed by atoms with E-state index in [1.807, 2.05) is 6.92 Å². The van der Waals surface area contributed by atoms with Crippen LogP contribution in [0.2, 0.25) is 5.15 Å². The molecule has 1 heterocycles. The van der Waals surface area contributed by atoms with Crippen LogP contribution < -0.4 is 10.6 Å². The molecule has 1 aromatic heterocycles. The van der Waals surface area contributed by atoms with Crippen LogP contribution in [0.3, 0.4) is 0 Å². The summed E-state index contributed by atoms with van der Waals surface area (Å²) >= 11 is 5.85. The minimum absolute atomic E-state index is 0.0572. The molecule has 0 aromatic carbocycles. The normalized spacial score (nSPS) is 9.94. The summed E-state index contributed by atoms with van der Waals surface area (Å²) in [4.78, 5) is 26.9. The van der Waals surface area contributed by atoms with Gasteiger partial charge in [0.15, 0.2) is 0 Å². The number of aromatic nitrogens is 1. The number of aryl methyl sites for hydroxylation is 1. The van der Waals surface area contributed by atoms with Crippen molar-refractivity contribution in [2.75, 3.05) is 13.6 Å². The van der Waals surface area contributed by atoms with Crippen molar-refractivity contribution in [3.63, 3.8) is 0 Å². The van der Waals surface area contributed by atoms with Gasteiger partial charge in [0.05, 0.1) is 6.54 Å². The summed E-state index contributed by atoms with van der Waals surface area (Å²) in [5.41, 5.74) is 1.19. The van der Waals surface area contributed by atoms with Crippen LogP contribution in [0.1, 0.15) is 29.4 Å². The predicted molar refractivity (Wildman–Crippen MR) is 69.6 cm³/mol. The van der Waals surface area contributed by atoms with Gasteiger partial charge in [0.1, 0.15) is 5.15 Å². The summed E-state index contributed by atoms with van der Waals surface area (Å²) in [6, 6.07) is 3.18. The molecule has 0 bridgehead atoms. The zero-order valence-corrected chi connectivity index (χ0v) is 11.2. The molecule has 5 nitrogen and oxygen atoms in total. The van der Waals surface area contributed by atoms with E-state index in [9.17, 15) is 9.59 Å². The highest BCUT2D eigenvalue weighted by Gasteiger charge is 2.10. The van der Waals surface area contributed by atoms with Crippen LogP contribution in [0.15, 0.2) is 12.1 Å². The van der Waals surface area contributed by atoms with Crippen molar-refractivity contribution in [3.8, 4) is 0 Å². The summed E-state index contributed by atoms with van der Waals surface area (Å²) in [5.74, 6) is -0.586. The summed E-state index contributed by atoms with van der Waals surface area (Å²) < 4.78 is 0. The quantitative estimate of drug-likeness (QED) is 0.788. The Morgan fingerprint density at radius 1 is 1.39 bits per heavy atom. The molecular weight excluding hydrogens is 254 g/mol. The van der Waals surface area contributed by atoms with Gasteiger partial charge >= 0.3 is 0 Å². The van der Waals surface area contributed by atoms with E-state index in [0.29, 0.717) is 5.56 Å². The Kier molecular flexibility index (Phi) is 5.58. The SMILES string of the molecule is CCCc1cc(C(=O)NCC(=O)NC)cc(Cl)n1. The first-order chi connectivity index (χ1) is 8.56. The Bertz CT molecular complexity index is 449. The lowest BCUT2D eigenvalue weighted by Gasteiger charge is -2.06. The molecule has 1 rings (SSSR count). The first-order valence-electron chi connectivity index (χ1n) is 5.72. The largest absolute Gasteiger partial charge is 0.358 e. The topological polar surface area (TPSA) is 71.1 Å². The van der Waals surface area contributed by atoms with Gasteiger partial charge in [-0.05, 0) is 18.6 Å². The van der Waals surface area contributed by atoms with Gasteiger partial charge in [0, 0.05) is 18.3 Å². The second kappa shape index (κ2) is 6.96. The van der Waals surface area contributed by atoms with Crippen LogP contribution in [-0.4, -0.2) is 30.4 Å². The highest BCUT2D eigenvalue weighted by molar-refractivity contribution is 6.29.